The third kappa shape index (κ3) is 4.40. The van der Waals surface area contributed by atoms with Gasteiger partial charge in [-0.25, -0.2) is 14.4 Å². The number of nitrogens with zero attached hydrogens (tertiary/aromatic N) is 4. The Morgan fingerprint density at radius 2 is 1.90 bits per heavy atom. The molecule has 1 aliphatic heterocycles. The van der Waals surface area contributed by atoms with Crippen LogP contribution >= 0.6 is 0 Å². The first-order valence-corrected chi connectivity index (χ1v) is 10.2. The van der Waals surface area contributed by atoms with Crippen LogP contribution in [0.1, 0.15) is 35.5 Å². The predicted octanol–water partition coefficient (Wildman–Crippen LogP) is 2.72. The highest BCUT2D eigenvalue weighted by Gasteiger charge is 2.35. The van der Waals surface area contributed by atoms with Crippen molar-refractivity contribution in [1.29, 1.82) is 0 Å². The number of aryl methyl sites for hydroxylation is 1. The number of piperazine rings is 1. The molecule has 0 bridgehead atoms. The molecule has 1 aromatic carbocycles. The lowest BCUT2D eigenvalue weighted by atomic mass is 10.0. The van der Waals surface area contributed by atoms with Crippen LogP contribution in [-0.4, -0.2) is 54.1 Å². The van der Waals surface area contributed by atoms with Gasteiger partial charge in [0.15, 0.2) is 0 Å². The number of halogens is 1. The highest BCUT2D eigenvalue weighted by Crippen LogP contribution is 2.32. The zero-order valence-corrected chi connectivity index (χ0v) is 17.0. The Hall–Kier alpha value is -2.54. The molecule has 0 atom stereocenters. The lowest BCUT2D eigenvalue weighted by Gasteiger charge is -2.36. The summed E-state index contributed by atoms with van der Waals surface area (Å²) in [7, 11) is 1.63. The molecule has 1 saturated carbocycles. The topological polar surface area (TPSA) is 58.6 Å². The molecule has 0 N–H and O–H groups in total. The van der Waals surface area contributed by atoms with E-state index in [1.54, 1.807) is 19.2 Å². The molecule has 1 aliphatic carbocycles. The van der Waals surface area contributed by atoms with Crippen LogP contribution in [0.2, 0.25) is 0 Å². The first-order valence-electron chi connectivity index (χ1n) is 10.2. The molecule has 2 aromatic rings. The van der Waals surface area contributed by atoms with Crippen LogP contribution in [-0.2, 0) is 22.6 Å². The summed E-state index contributed by atoms with van der Waals surface area (Å²) in [6.45, 7) is 5.02. The smallest absolute Gasteiger partial charge is 0.225 e. The molecule has 154 valence electrons. The Balaban J connectivity index is 1.61. The fourth-order valence-corrected chi connectivity index (χ4v) is 3.90. The molecule has 7 heteroatoms. The van der Waals surface area contributed by atoms with E-state index in [0.29, 0.717) is 50.6 Å². The van der Waals surface area contributed by atoms with Crippen LogP contribution in [0.3, 0.4) is 0 Å². The van der Waals surface area contributed by atoms with Crippen molar-refractivity contribution in [3.05, 3.63) is 52.7 Å². The Morgan fingerprint density at radius 1 is 1.17 bits per heavy atom. The molecule has 1 amide bonds. The summed E-state index contributed by atoms with van der Waals surface area (Å²) < 4.78 is 19.7. The second-order valence-electron chi connectivity index (χ2n) is 7.81. The Kier molecular flexibility index (Phi) is 5.76. The maximum atomic E-state index is 14.3. The third-order valence-electron chi connectivity index (χ3n) is 5.61. The normalized spacial score (nSPS) is 16.9. The minimum Gasteiger partial charge on any atom is -0.378 e. The maximum Gasteiger partial charge on any atom is 0.225 e. The van der Waals surface area contributed by atoms with Crippen molar-refractivity contribution in [1.82, 2.24) is 14.9 Å². The molecule has 0 unspecified atom stereocenters. The molecule has 2 fully saturated rings. The van der Waals surface area contributed by atoms with Crippen molar-refractivity contribution in [2.45, 2.75) is 32.8 Å². The van der Waals surface area contributed by atoms with Gasteiger partial charge in [0.05, 0.1) is 12.3 Å². The molecule has 1 aromatic heterocycles. The summed E-state index contributed by atoms with van der Waals surface area (Å²) in [6, 6.07) is 6.80. The van der Waals surface area contributed by atoms with Crippen molar-refractivity contribution in [2.24, 2.45) is 5.92 Å². The summed E-state index contributed by atoms with van der Waals surface area (Å²) in [4.78, 5) is 25.8. The number of aromatic nitrogens is 2. The molecule has 0 radical (unpaired) electrons. The first-order chi connectivity index (χ1) is 14.1. The van der Waals surface area contributed by atoms with Crippen molar-refractivity contribution >= 4 is 11.7 Å². The Labute approximate surface area is 170 Å². The van der Waals surface area contributed by atoms with Gasteiger partial charge in [0.1, 0.15) is 17.5 Å². The summed E-state index contributed by atoms with van der Waals surface area (Å²) in [5.74, 6) is 1.79. The van der Waals surface area contributed by atoms with Crippen molar-refractivity contribution < 1.29 is 13.9 Å². The monoisotopic (exact) mass is 398 g/mol. The molecule has 4 rings (SSSR count). The highest BCUT2D eigenvalue weighted by atomic mass is 19.1. The van der Waals surface area contributed by atoms with Gasteiger partial charge in [-0.05, 0) is 31.4 Å². The van der Waals surface area contributed by atoms with Gasteiger partial charge in [-0.15, -0.1) is 0 Å². The lowest BCUT2D eigenvalue weighted by Crippen LogP contribution is -2.49. The van der Waals surface area contributed by atoms with Gasteiger partial charge in [0, 0.05) is 51.2 Å². The SMILES string of the molecule is COCc1nc(C)nc(N2CCN(C(=O)C3CC3)CC2)c1Cc1ccccc1F. The average molecular weight is 398 g/mol. The number of rotatable bonds is 6. The maximum absolute atomic E-state index is 14.3. The standard InChI is InChI=1S/C22H27FN4O2/c1-15-24-20(14-29-2)18(13-17-5-3-4-6-19(17)23)21(25-15)26-9-11-27(12-10-26)22(28)16-7-8-16/h3-6,16H,7-14H2,1-2H3. The Morgan fingerprint density at radius 3 is 2.55 bits per heavy atom. The number of benzene rings is 1. The van der Waals surface area contributed by atoms with E-state index in [2.05, 4.69) is 9.88 Å². The van der Waals surface area contributed by atoms with Gasteiger partial charge >= 0.3 is 0 Å². The number of hydrogen-bond acceptors (Lipinski definition) is 5. The number of carbonyl (C=O) groups is 1. The molecule has 6 nitrogen and oxygen atoms in total. The van der Waals surface area contributed by atoms with Gasteiger partial charge in [-0.2, -0.15) is 0 Å². The van der Waals surface area contributed by atoms with E-state index in [4.69, 9.17) is 9.72 Å². The zero-order valence-electron chi connectivity index (χ0n) is 17.0. The number of hydrogen-bond donors (Lipinski definition) is 0. The predicted molar refractivity (Wildman–Crippen MR) is 108 cm³/mol. The van der Waals surface area contributed by atoms with E-state index in [0.717, 1.165) is 29.9 Å². The largest absolute Gasteiger partial charge is 0.378 e. The van der Waals surface area contributed by atoms with Crippen LogP contribution in [0, 0.1) is 18.7 Å². The first kappa shape index (κ1) is 19.8. The summed E-state index contributed by atoms with van der Waals surface area (Å²) >= 11 is 0. The van der Waals surface area contributed by atoms with Crippen molar-refractivity contribution in [3.63, 3.8) is 0 Å². The van der Waals surface area contributed by atoms with E-state index in [-0.39, 0.29) is 17.6 Å². The second kappa shape index (κ2) is 8.45. The molecular weight excluding hydrogens is 371 g/mol. The molecule has 2 heterocycles. The summed E-state index contributed by atoms with van der Waals surface area (Å²) in [6.07, 6.45) is 2.46. The van der Waals surface area contributed by atoms with Crippen LogP contribution in [0.25, 0.3) is 0 Å². The fraction of sp³-hybridized carbons (Fsp3) is 0.500. The summed E-state index contributed by atoms with van der Waals surface area (Å²) in [5.41, 5.74) is 2.29. The highest BCUT2D eigenvalue weighted by molar-refractivity contribution is 5.81. The number of methoxy groups -OCH3 is 1. The quantitative estimate of drug-likeness (QED) is 0.749. The zero-order chi connectivity index (χ0) is 20.4. The second-order valence-corrected chi connectivity index (χ2v) is 7.81. The van der Waals surface area contributed by atoms with Gasteiger partial charge in [-0.1, -0.05) is 18.2 Å². The number of carbonyl (C=O) groups excluding carboxylic acids is 1. The number of anilines is 1. The van der Waals surface area contributed by atoms with Crippen molar-refractivity contribution in [2.75, 3.05) is 38.2 Å². The van der Waals surface area contributed by atoms with E-state index < -0.39 is 0 Å². The summed E-state index contributed by atoms with van der Waals surface area (Å²) in [5, 5.41) is 0. The molecule has 1 saturated heterocycles. The lowest BCUT2D eigenvalue weighted by molar-refractivity contribution is -0.132. The average Bonchev–Trinajstić information content (AvgIpc) is 3.56. The molecule has 29 heavy (non-hydrogen) atoms. The van der Waals surface area contributed by atoms with E-state index in [1.807, 2.05) is 17.9 Å². The fourth-order valence-electron chi connectivity index (χ4n) is 3.90. The molecule has 0 spiro atoms. The minimum absolute atomic E-state index is 0.234. The number of amides is 1. The molecular formula is C22H27FN4O2. The van der Waals surface area contributed by atoms with Crippen LogP contribution in [0.5, 0.6) is 0 Å². The van der Waals surface area contributed by atoms with E-state index >= 15 is 0 Å². The van der Waals surface area contributed by atoms with Crippen molar-refractivity contribution in [3.8, 4) is 0 Å². The van der Waals surface area contributed by atoms with Crippen LogP contribution in [0.4, 0.5) is 10.2 Å². The van der Waals surface area contributed by atoms with Gasteiger partial charge in [-0.3, -0.25) is 4.79 Å². The van der Waals surface area contributed by atoms with Gasteiger partial charge in [0.25, 0.3) is 0 Å². The Bertz CT molecular complexity index is 892. The van der Waals surface area contributed by atoms with E-state index in [1.165, 1.54) is 6.07 Å². The van der Waals surface area contributed by atoms with Crippen LogP contribution < -0.4 is 4.90 Å². The molecule has 2 aliphatic rings. The number of ether oxygens (including phenoxy) is 1. The van der Waals surface area contributed by atoms with Gasteiger partial charge in [0.2, 0.25) is 5.91 Å². The minimum atomic E-state index is -0.234. The van der Waals surface area contributed by atoms with Crippen LogP contribution in [0.15, 0.2) is 24.3 Å². The van der Waals surface area contributed by atoms with Gasteiger partial charge < -0.3 is 14.5 Å². The third-order valence-corrected chi connectivity index (χ3v) is 5.61. The van der Waals surface area contributed by atoms with E-state index in [9.17, 15) is 9.18 Å².